The Morgan fingerprint density at radius 1 is 1.04 bits per heavy atom. The molecule has 3 heteroatoms. The van der Waals surface area contributed by atoms with Gasteiger partial charge in [0.2, 0.25) is 0 Å². The number of hydrogen-bond donors (Lipinski definition) is 0. The Morgan fingerprint density at radius 3 is 2.42 bits per heavy atom. The number of hydrogen-bond acceptors (Lipinski definition) is 2. The van der Waals surface area contributed by atoms with E-state index in [-0.39, 0.29) is 17.6 Å². The molecular weight excluding hydrogens is 320 g/mol. The number of carbonyl (C=O) groups excluding carboxylic acids is 2. The maximum Gasteiger partial charge on any atom is 0.163 e. The predicted molar refractivity (Wildman–Crippen MR) is 96.5 cm³/mol. The van der Waals surface area contributed by atoms with E-state index in [1.807, 2.05) is 30.3 Å². The highest BCUT2D eigenvalue weighted by Gasteiger charge is 2.32. The van der Waals surface area contributed by atoms with Gasteiger partial charge in [0.1, 0.15) is 5.78 Å². The van der Waals surface area contributed by atoms with E-state index in [0.717, 1.165) is 24.8 Å². The normalized spacial score (nSPS) is 19.0. The van der Waals surface area contributed by atoms with Crippen molar-refractivity contribution in [3.8, 4) is 0 Å². The fraction of sp³-hybridized carbons (Fsp3) is 0.333. The third kappa shape index (κ3) is 3.93. The molecule has 124 valence electrons. The first-order valence-corrected chi connectivity index (χ1v) is 8.89. The van der Waals surface area contributed by atoms with Crippen molar-refractivity contribution in [2.75, 3.05) is 0 Å². The SMILES string of the molecule is O=C(CC(c1ccccc1)C1CCCCC1=O)c1ccc(Cl)cc1. The van der Waals surface area contributed by atoms with Crippen molar-refractivity contribution in [2.45, 2.75) is 38.0 Å². The highest BCUT2D eigenvalue weighted by Crippen LogP contribution is 2.37. The van der Waals surface area contributed by atoms with Crippen LogP contribution in [0.3, 0.4) is 0 Å². The Balaban J connectivity index is 1.85. The molecule has 0 amide bonds. The van der Waals surface area contributed by atoms with Crippen LogP contribution >= 0.6 is 11.6 Å². The average molecular weight is 341 g/mol. The minimum absolute atomic E-state index is 0.0396. The lowest BCUT2D eigenvalue weighted by Gasteiger charge is -2.29. The highest BCUT2D eigenvalue weighted by atomic mass is 35.5. The molecule has 1 fully saturated rings. The third-order valence-corrected chi connectivity index (χ3v) is 5.14. The van der Waals surface area contributed by atoms with E-state index in [1.54, 1.807) is 24.3 Å². The number of ketones is 2. The summed E-state index contributed by atoms with van der Waals surface area (Å²) in [6.45, 7) is 0. The van der Waals surface area contributed by atoms with Crippen LogP contribution in [0.1, 0.15) is 53.9 Å². The van der Waals surface area contributed by atoms with Gasteiger partial charge in [-0.25, -0.2) is 0 Å². The molecule has 1 aliphatic carbocycles. The van der Waals surface area contributed by atoms with Crippen molar-refractivity contribution >= 4 is 23.2 Å². The van der Waals surface area contributed by atoms with Gasteiger partial charge in [0.25, 0.3) is 0 Å². The summed E-state index contributed by atoms with van der Waals surface area (Å²) >= 11 is 5.90. The second kappa shape index (κ2) is 7.76. The number of benzene rings is 2. The average Bonchev–Trinajstić information content (AvgIpc) is 2.61. The summed E-state index contributed by atoms with van der Waals surface area (Å²) in [6, 6.07) is 17.0. The molecule has 2 aromatic rings. The van der Waals surface area contributed by atoms with Gasteiger partial charge < -0.3 is 0 Å². The van der Waals surface area contributed by atoms with Crippen LogP contribution < -0.4 is 0 Å². The van der Waals surface area contributed by atoms with E-state index in [2.05, 4.69) is 0 Å². The van der Waals surface area contributed by atoms with Crippen molar-refractivity contribution in [3.05, 3.63) is 70.7 Å². The zero-order valence-electron chi connectivity index (χ0n) is 13.6. The van der Waals surface area contributed by atoms with Gasteiger partial charge in [-0.05, 0) is 42.7 Å². The summed E-state index contributed by atoms with van der Waals surface area (Å²) in [4.78, 5) is 25.2. The largest absolute Gasteiger partial charge is 0.299 e. The van der Waals surface area contributed by atoms with Crippen LogP contribution in [-0.4, -0.2) is 11.6 Å². The van der Waals surface area contributed by atoms with E-state index in [9.17, 15) is 9.59 Å². The minimum atomic E-state index is -0.0441. The molecule has 3 rings (SSSR count). The van der Waals surface area contributed by atoms with E-state index >= 15 is 0 Å². The fourth-order valence-electron chi connectivity index (χ4n) is 3.58. The quantitative estimate of drug-likeness (QED) is 0.677. The Labute approximate surface area is 147 Å². The second-order valence-electron chi connectivity index (χ2n) is 6.47. The van der Waals surface area contributed by atoms with Crippen molar-refractivity contribution in [1.82, 2.24) is 0 Å². The first-order valence-electron chi connectivity index (χ1n) is 8.51. The van der Waals surface area contributed by atoms with Crippen molar-refractivity contribution < 1.29 is 9.59 Å². The van der Waals surface area contributed by atoms with Crippen LogP contribution in [0.5, 0.6) is 0 Å². The zero-order valence-corrected chi connectivity index (χ0v) is 14.3. The summed E-state index contributed by atoms with van der Waals surface area (Å²) in [5.41, 5.74) is 1.74. The summed E-state index contributed by atoms with van der Waals surface area (Å²) in [5, 5.41) is 0.619. The van der Waals surface area contributed by atoms with Gasteiger partial charge in [-0.3, -0.25) is 9.59 Å². The first-order chi connectivity index (χ1) is 11.6. The van der Waals surface area contributed by atoms with Crippen LogP contribution in [0.15, 0.2) is 54.6 Å². The lowest BCUT2D eigenvalue weighted by atomic mass is 9.73. The van der Waals surface area contributed by atoms with E-state index in [1.165, 1.54) is 0 Å². The molecule has 2 aromatic carbocycles. The van der Waals surface area contributed by atoms with Crippen LogP contribution in [-0.2, 0) is 4.79 Å². The maximum atomic E-state index is 12.7. The molecule has 2 atom stereocenters. The summed E-state index contributed by atoms with van der Waals surface area (Å²) in [7, 11) is 0. The molecule has 0 aromatic heterocycles. The molecule has 0 saturated heterocycles. The summed E-state index contributed by atoms with van der Waals surface area (Å²) in [5.74, 6) is 0.289. The summed E-state index contributed by atoms with van der Waals surface area (Å²) < 4.78 is 0. The molecule has 2 unspecified atom stereocenters. The van der Waals surface area contributed by atoms with Gasteiger partial charge in [0, 0.05) is 35.3 Å². The van der Waals surface area contributed by atoms with Crippen LogP contribution in [0.2, 0.25) is 5.02 Å². The van der Waals surface area contributed by atoms with Gasteiger partial charge >= 0.3 is 0 Å². The van der Waals surface area contributed by atoms with Gasteiger partial charge in [0.05, 0.1) is 0 Å². The number of Topliss-reactive ketones (excluding diaryl/α,β-unsaturated/α-hetero) is 2. The van der Waals surface area contributed by atoms with Crippen molar-refractivity contribution in [2.24, 2.45) is 5.92 Å². The molecule has 24 heavy (non-hydrogen) atoms. The Hall–Kier alpha value is -1.93. The topological polar surface area (TPSA) is 34.1 Å². The Bertz CT molecular complexity index is 706. The van der Waals surface area contributed by atoms with Crippen LogP contribution in [0.4, 0.5) is 0 Å². The Morgan fingerprint density at radius 2 is 1.75 bits per heavy atom. The van der Waals surface area contributed by atoms with E-state index in [4.69, 9.17) is 11.6 Å². The van der Waals surface area contributed by atoms with Crippen LogP contribution in [0, 0.1) is 5.92 Å². The molecule has 0 N–H and O–H groups in total. The lowest BCUT2D eigenvalue weighted by molar-refractivity contribution is -0.125. The third-order valence-electron chi connectivity index (χ3n) is 4.89. The van der Waals surface area contributed by atoms with Gasteiger partial charge in [-0.15, -0.1) is 0 Å². The number of carbonyl (C=O) groups is 2. The van der Waals surface area contributed by atoms with Gasteiger partial charge in [-0.2, -0.15) is 0 Å². The van der Waals surface area contributed by atoms with E-state index in [0.29, 0.717) is 29.2 Å². The predicted octanol–water partition coefficient (Wildman–Crippen LogP) is 5.46. The zero-order chi connectivity index (χ0) is 16.9. The van der Waals surface area contributed by atoms with Crippen molar-refractivity contribution in [1.29, 1.82) is 0 Å². The molecule has 0 heterocycles. The Kier molecular flexibility index (Phi) is 5.47. The maximum absolute atomic E-state index is 12.7. The van der Waals surface area contributed by atoms with Gasteiger partial charge in [-0.1, -0.05) is 48.4 Å². The molecule has 0 aliphatic heterocycles. The smallest absolute Gasteiger partial charge is 0.163 e. The molecule has 1 saturated carbocycles. The molecular formula is C21H21ClO2. The minimum Gasteiger partial charge on any atom is -0.299 e. The summed E-state index contributed by atoms with van der Waals surface area (Å²) in [6.07, 6.45) is 3.92. The fourth-order valence-corrected chi connectivity index (χ4v) is 3.71. The monoisotopic (exact) mass is 340 g/mol. The molecule has 2 nitrogen and oxygen atoms in total. The molecule has 0 bridgehead atoms. The first kappa shape index (κ1) is 16.9. The molecule has 1 aliphatic rings. The molecule has 0 radical (unpaired) electrons. The standard InChI is InChI=1S/C21H21ClO2/c22-17-12-10-16(11-13-17)21(24)14-19(15-6-2-1-3-7-15)18-8-4-5-9-20(18)23/h1-3,6-7,10-13,18-19H,4-5,8-9,14H2. The van der Waals surface area contributed by atoms with E-state index < -0.39 is 0 Å². The molecule has 0 spiro atoms. The number of rotatable bonds is 5. The number of halogens is 1. The van der Waals surface area contributed by atoms with Crippen LogP contribution in [0.25, 0.3) is 0 Å². The second-order valence-corrected chi connectivity index (χ2v) is 6.91. The highest BCUT2D eigenvalue weighted by molar-refractivity contribution is 6.30. The van der Waals surface area contributed by atoms with Gasteiger partial charge in [0.15, 0.2) is 5.78 Å². The lowest BCUT2D eigenvalue weighted by Crippen LogP contribution is -2.27. The van der Waals surface area contributed by atoms with Crippen molar-refractivity contribution in [3.63, 3.8) is 0 Å².